The summed E-state index contributed by atoms with van der Waals surface area (Å²) in [4.78, 5) is 36.9. The number of aryl methyl sites for hydroxylation is 1. The van der Waals surface area contributed by atoms with Crippen LogP contribution >= 0.6 is 0 Å². The Morgan fingerprint density at radius 3 is 2.77 bits per heavy atom. The van der Waals surface area contributed by atoms with E-state index >= 15 is 0 Å². The Morgan fingerprint density at radius 1 is 1.36 bits per heavy atom. The number of methoxy groups -OCH3 is 1. The molecule has 0 bridgehead atoms. The van der Waals surface area contributed by atoms with Crippen LogP contribution in [0.2, 0.25) is 0 Å². The average Bonchev–Trinajstić information content (AvgIpc) is 2.89. The van der Waals surface area contributed by atoms with Gasteiger partial charge >= 0.3 is 5.97 Å². The predicted octanol–water partition coefficient (Wildman–Crippen LogP) is 0.946. The molecule has 22 heavy (non-hydrogen) atoms. The van der Waals surface area contributed by atoms with Gasteiger partial charge in [0.05, 0.1) is 13.0 Å². The molecule has 1 atom stereocenters. The molecule has 1 aromatic carbocycles. The molecule has 0 saturated carbocycles. The summed E-state index contributed by atoms with van der Waals surface area (Å²) in [6, 6.07) is 5.77. The average molecular weight is 304 g/mol. The SMILES string of the molecule is COC(=O)CNC(=O)C1CC(=O)N(c2cccc(C)c2C)C1. The van der Waals surface area contributed by atoms with E-state index in [2.05, 4.69) is 10.1 Å². The highest BCUT2D eigenvalue weighted by Crippen LogP contribution is 2.29. The number of nitrogens with zero attached hydrogens (tertiary/aromatic N) is 1. The Kier molecular flexibility index (Phi) is 4.80. The molecule has 2 amide bonds. The van der Waals surface area contributed by atoms with E-state index < -0.39 is 11.9 Å². The van der Waals surface area contributed by atoms with Crippen LogP contribution in [0, 0.1) is 19.8 Å². The van der Waals surface area contributed by atoms with Crippen LogP contribution in [0.1, 0.15) is 17.5 Å². The van der Waals surface area contributed by atoms with Crippen LogP contribution in [0.4, 0.5) is 5.69 Å². The maximum absolute atomic E-state index is 12.2. The number of hydrogen-bond acceptors (Lipinski definition) is 4. The van der Waals surface area contributed by atoms with Crippen molar-refractivity contribution in [3.8, 4) is 0 Å². The fraction of sp³-hybridized carbons (Fsp3) is 0.438. The van der Waals surface area contributed by atoms with Crippen molar-refractivity contribution in [3.05, 3.63) is 29.3 Å². The molecule has 0 radical (unpaired) electrons. The zero-order chi connectivity index (χ0) is 16.3. The second kappa shape index (κ2) is 6.60. The molecule has 1 heterocycles. The maximum Gasteiger partial charge on any atom is 0.325 e. The number of anilines is 1. The molecule has 0 aromatic heterocycles. The third kappa shape index (κ3) is 3.27. The summed E-state index contributed by atoms with van der Waals surface area (Å²) in [5.41, 5.74) is 2.98. The molecule has 1 aliphatic rings. The van der Waals surface area contributed by atoms with E-state index in [0.29, 0.717) is 6.54 Å². The van der Waals surface area contributed by atoms with Crippen molar-refractivity contribution >= 4 is 23.5 Å². The first kappa shape index (κ1) is 16.0. The molecular weight excluding hydrogens is 284 g/mol. The molecule has 2 rings (SSSR count). The summed E-state index contributed by atoms with van der Waals surface area (Å²) in [6.07, 6.45) is 0.153. The van der Waals surface area contributed by atoms with Gasteiger partial charge in [-0.15, -0.1) is 0 Å². The molecular formula is C16H20N2O4. The van der Waals surface area contributed by atoms with Crippen LogP contribution in [0.25, 0.3) is 0 Å². The van der Waals surface area contributed by atoms with Crippen molar-refractivity contribution in [3.63, 3.8) is 0 Å². The maximum atomic E-state index is 12.2. The molecule has 1 N–H and O–H groups in total. The third-order valence-electron chi connectivity index (χ3n) is 4.00. The molecule has 1 saturated heterocycles. The van der Waals surface area contributed by atoms with E-state index in [1.54, 1.807) is 4.90 Å². The smallest absolute Gasteiger partial charge is 0.325 e. The molecule has 1 aliphatic heterocycles. The number of hydrogen-bond donors (Lipinski definition) is 1. The van der Waals surface area contributed by atoms with Gasteiger partial charge in [0.15, 0.2) is 0 Å². The quantitative estimate of drug-likeness (QED) is 0.840. The Balaban J connectivity index is 2.06. The van der Waals surface area contributed by atoms with Gasteiger partial charge in [-0.25, -0.2) is 0 Å². The van der Waals surface area contributed by atoms with Crippen molar-refractivity contribution in [1.82, 2.24) is 5.32 Å². The molecule has 6 nitrogen and oxygen atoms in total. The van der Waals surface area contributed by atoms with Gasteiger partial charge in [0.25, 0.3) is 0 Å². The summed E-state index contributed by atoms with van der Waals surface area (Å²) < 4.78 is 4.47. The summed E-state index contributed by atoms with van der Waals surface area (Å²) in [5, 5.41) is 2.50. The van der Waals surface area contributed by atoms with Crippen LogP contribution in [-0.4, -0.2) is 38.0 Å². The summed E-state index contributed by atoms with van der Waals surface area (Å²) in [6.45, 7) is 4.10. The minimum atomic E-state index is -0.510. The van der Waals surface area contributed by atoms with Gasteiger partial charge in [-0.05, 0) is 31.0 Å². The summed E-state index contributed by atoms with van der Waals surface area (Å²) in [7, 11) is 1.26. The highest BCUT2D eigenvalue weighted by atomic mass is 16.5. The first-order valence-corrected chi connectivity index (χ1v) is 7.15. The Morgan fingerprint density at radius 2 is 2.09 bits per heavy atom. The second-order valence-corrected chi connectivity index (χ2v) is 5.42. The Bertz CT molecular complexity index is 612. The fourth-order valence-electron chi connectivity index (χ4n) is 2.52. The molecule has 0 aliphatic carbocycles. The number of carbonyl (C=O) groups is 3. The van der Waals surface area contributed by atoms with Crippen molar-refractivity contribution in [1.29, 1.82) is 0 Å². The van der Waals surface area contributed by atoms with Gasteiger partial charge in [0.2, 0.25) is 11.8 Å². The minimum absolute atomic E-state index is 0.0769. The lowest BCUT2D eigenvalue weighted by Gasteiger charge is -2.20. The zero-order valence-corrected chi connectivity index (χ0v) is 13.0. The number of rotatable bonds is 4. The van der Waals surface area contributed by atoms with Gasteiger partial charge in [0.1, 0.15) is 6.54 Å². The first-order chi connectivity index (χ1) is 10.4. The van der Waals surface area contributed by atoms with Crippen molar-refractivity contribution in [2.75, 3.05) is 25.1 Å². The Hall–Kier alpha value is -2.37. The summed E-state index contributed by atoms with van der Waals surface area (Å²) >= 11 is 0. The summed E-state index contributed by atoms with van der Waals surface area (Å²) in [5.74, 6) is -1.33. The van der Waals surface area contributed by atoms with Gasteiger partial charge in [0, 0.05) is 18.7 Å². The number of amides is 2. The highest BCUT2D eigenvalue weighted by Gasteiger charge is 2.35. The first-order valence-electron chi connectivity index (χ1n) is 7.15. The van der Waals surface area contributed by atoms with Crippen LogP contribution in [0.5, 0.6) is 0 Å². The lowest BCUT2D eigenvalue weighted by molar-refractivity contribution is -0.141. The number of benzene rings is 1. The zero-order valence-electron chi connectivity index (χ0n) is 13.0. The van der Waals surface area contributed by atoms with E-state index in [-0.39, 0.29) is 24.8 Å². The highest BCUT2D eigenvalue weighted by molar-refractivity contribution is 6.01. The monoisotopic (exact) mass is 304 g/mol. The molecule has 0 spiro atoms. The van der Waals surface area contributed by atoms with Crippen molar-refractivity contribution < 1.29 is 19.1 Å². The van der Waals surface area contributed by atoms with Crippen LogP contribution in [0.15, 0.2) is 18.2 Å². The third-order valence-corrected chi connectivity index (χ3v) is 4.00. The molecule has 118 valence electrons. The fourth-order valence-corrected chi connectivity index (χ4v) is 2.52. The van der Waals surface area contributed by atoms with Gasteiger partial charge in [-0.2, -0.15) is 0 Å². The lowest BCUT2D eigenvalue weighted by Crippen LogP contribution is -2.36. The Labute approximate surface area is 129 Å². The van der Waals surface area contributed by atoms with E-state index in [1.165, 1.54) is 7.11 Å². The number of carbonyl (C=O) groups excluding carboxylic acids is 3. The number of esters is 1. The van der Waals surface area contributed by atoms with Crippen LogP contribution < -0.4 is 10.2 Å². The molecule has 1 fully saturated rings. The van der Waals surface area contributed by atoms with E-state index in [9.17, 15) is 14.4 Å². The normalized spacial score (nSPS) is 17.5. The molecule has 1 unspecified atom stereocenters. The standard InChI is InChI=1S/C16H20N2O4/c1-10-5-4-6-13(11(10)2)18-9-12(7-14(18)19)16(21)17-8-15(20)22-3/h4-6,12H,7-9H2,1-3H3,(H,17,21). The molecule has 6 heteroatoms. The van der Waals surface area contributed by atoms with E-state index in [4.69, 9.17) is 0 Å². The largest absolute Gasteiger partial charge is 0.468 e. The second-order valence-electron chi connectivity index (χ2n) is 5.42. The lowest BCUT2D eigenvalue weighted by atomic mass is 10.1. The van der Waals surface area contributed by atoms with Gasteiger partial charge in [-0.1, -0.05) is 12.1 Å². The van der Waals surface area contributed by atoms with Crippen molar-refractivity contribution in [2.45, 2.75) is 20.3 Å². The van der Waals surface area contributed by atoms with Gasteiger partial charge < -0.3 is 15.0 Å². The van der Waals surface area contributed by atoms with Crippen LogP contribution in [-0.2, 0) is 19.1 Å². The molecule has 1 aromatic rings. The van der Waals surface area contributed by atoms with E-state index in [1.807, 2.05) is 32.0 Å². The van der Waals surface area contributed by atoms with Crippen molar-refractivity contribution in [2.24, 2.45) is 5.92 Å². The topological polar surface area (TPSA) is 75.7 Å². The predicted molar refractivity (Wildman–Crippen MR) is 81.4 cm³/mol. The van der Waals surface area contributed by atoms with Crippen LogP contribution in [0.3, 0.4) is 0 Å². The van der Waals surface area contributed by atoms with E-state index in [0.717, 1.165) is 16.8 Å². The minimum Gasteiger partial charge on any atom is -0.468 e. The number of ether oxygens (including phenoxy) is 1. The number of nitrogens with one attached hydrogen (secondary N) is 1. The van der Waals surface area contributed by atoms with Gasteiger partial charge in [-0.3, -0.25) is 14.4 Å².